The van der Waals surface area contributed by atoms with Crippen molar-refractivity contribution in [2.75, 3.05) is 0 Å². The van der Waals surface area contributed by atoms with Crippen molar-refractivity contribution in [3.8, 4) is 0 Å². The standard InChI is InChI=1S/C31H61N2/c1-4-7-10-13-15-17-19-22-25-28-33-30-29-32(31(33)26-23-20-12-9-6-3)27-24-21-18-16-14-11-8-5-2/h29-30H,4-28H2,1-3H3/q+1. The van der Waals surface area contributed by atoms with Gasteiger partial charge in [0.05, 0.1) is 13.1 Å². The van der Waals surface area contributed by atoms with E-state index in [4.69, 9.17) is 0 Å². The summed E-state index contributed by atoms with van der Waals surface area (Å²) < 4.78 is 5.20. The lowest BCUT2D eigenvalue weighted by atomic mass is 10.1. The fourth-order valence-corrected chi connectivity index (χ4v) is 5.09. The van der Waals surface area contributed by atoms with Crippen LogP contribution in [0.5, 0.6) is 0 Å². The first kappa shape index (κ1) is 30.2. The molecule has 1 aromatic heterocycles. The van der Waals surface area contributed by atoms with Gasteiger partial charge in [-0.2, -0.15) is 0 Å². The monoisotopic (exact) mass is 461 g/mol. The molecule has 0 fully saturated rings. The summed E-state index contributed by atoms with van der Waals surface area (Å²) in [4.78, 5) is 0. The molecule has 0 saturated heterocycles. The zero-order chi connectivity index (χ0) is 23.8. The number of aryl methyl sites for hydroxylation is 2. The van der Waals surface area contributed by atoms with Gasteiger partial charge >= 0.3 is 0 Å². The smallest absolute Gasteiger partial charge is 0.234 e. The van der Waals surface area contributed by atoms with E-state index in [0.29, 0.717) is 0 Å². The Hall–Kier alpha value is -0.790. The molecule has 0 aliphatic carbocycles. The minimum absolute atomic E-state index is 1.23. The summed E-state index contributed by atoms with van der Waals surface area (Å²) in [5, 5.41) is 0. The Bertz CT molecular complexity index is 519. The molecule has 1 aromatic rings. The van der Waals surface area contributed by atoms with Crippen LogP contribution >= 0.6 is 0 Å². The number of unbranched alkanes of at least 4 members (excludes halogenated alkanes) is 19. The number of hydrogen-bond donors (Lipinski definition) is 0. The van der Waals surface area contributed by atoms with Gasteiger partial charge in [0.25, 0.3) is 5.82 Å². The quantitative estimate of drug-likeness (QED) is 0.101. The summed E-state index contributed by atoms with van der Waals surface area (Å²) in [6.45, 7) is 9.38. The van der Waals surface area contributed by atoms with Crippen LogP contribution in [0.2, 0.25) is 0 Å². The molecule has 0 atom stereocenters. The Labute approximate surface area is 208 Å². The maximum atomic E-state index is 2.60. The van der Waals surface area contributed by atoms with Gasteiger partial charge in [0.2, 0.25) is 0 Å². The van der Waals surface area contributed by atoms with Gasteiger partial charge < -0.3 is 0 Å². The SMILES string of the molecule is CCCCCCCCCCC[n+]1ccn(CCCCCCCCCC)c1CCCCCCC. The summed E-state index contributed by atoms with van der Waals surface area (Å²) >= 11 is 0. The third kappa shape index (κ3) is 16.5. The molecule has 0 aromatic carbocycles. The number of hydrogen-bond acceptors (Lipinski definition) is 0. The van der Waals surface area contributed by atoms with Crippen LogP contribution in [-0.4, -0.2) is 4.57 Å². The lowest BCUT2D eigenvalue weighted by Gasteiger charge is -2.07. The predicted octanol–water partition coefficient (Wildman–Crippen LogP) is 9.96. The molecule has 2 nitrogen and oxygen atoms in total. The van der Waals surface area contributed by atoms with E-state index in [0.717, 1.165) is 0 Å². The van der Waals surface area contributed by atoms with E-state index < -0.39 is 0 Å². The molecule has 194 valence electrons. The first-order valence-corrected chi connectivity index (χ1v) is 15.4. The first-order valence-electron chi connectivity index (χ1n) is 15.4. The largest absolute Gasteiger partial charge is 0.256 e. The average molecular weight is 462 g/mol. The van der Waals surface area contributed by atoms with Gasteiger partial charge in [-0.15, -0.1) is 0 Å². The van der Waals surface area contributed by atoms with Crippen molar-refractivity contribution in [2.24, 2.45) is 0 Å². The summed E-state index contributed by atoms with van der Waals surface area (Å²) in [5.41, 5.74) is 0. The Morgan fingerprint density at radius 3 is 1.45 bits per heavy atom. The molecule has 0 N–H and O–H groups in total. The summed E-state index contributed by atoms with van der Waals surface area (Å²) in [5.74, 6) is 1.61. The Balaban J connectivity index is 2.34. The highest BCUT2D eigenvalue weighted by molar-refractivity contribution is 4.84. The zero-order valence-corrected chi connectivity index (χ0v) is 23.2. The topological polar surface area (TPSA) is 8.81 Å². The summed E-state index contributed by atoms with van der Waals surface area (Å²) in [7, 11) is 0. The molecule has 0 saturated carbocycles. The van der Waals surface area contributed by atoms with Gasteiger partial charge in [-0.1, -0.05) is 130 Å². The molecule has 0 unspecified atom stereocenters. The second-order valence-corrected chi connectivity index (χ2v) is 10.6. The van der Waals surface area contributed by atoms with E-state index >= 15 is 0 Å². The number of rotatable bonds is 25. The van der Waals surface area contributed by atoms with Crippen molar-refractivity contribution < 1.29 is 4.57 Å². The molecular weight excluding hydrogens is 400 g/mol. The van der Waals surface area contributed by atoms with Gasteiger partial charge in [0, 0.05) is 6.42 Å². The van der Waals surface area contributed by atoms with E-state index in [-0.39, 0.29) is 0 Å². The average Bonchev–Trinajstić information content (AvgIpc) is 3.21. The molecule has 0 aliphatic rings. The predicted molar refractivity (Wildman–Crippen MR) is 147 cm³/mol. The maximum Gasteiger partial charge on any atom is 0.256 e. The highest BCUT2D eigenvalue weighted by Crippen LogP contribution is 2.13. The Morgan fingerprint density at radius 1 is 0.515 bits per heavy atom. The lowest BCUT2D eigenvalue weighted by Crippen LogP contribution is -2.37. The van der Waals surface area contributed by atoms with Crippen LogP contribution < -0.4 is 4.57 Å². The van der Waals surface area contributed by atoms with Crippen molar-refractivity contribution in [3.05, 3.63) is 18.2 Å². The molecule has 33 heavy (non-hydrogen) atoms. The van der Waals surface area contributed by atoms with Crippen LogP contribution in [0.4, 0.5) is 0 Å². The van der Waals surface area contributed by atoms with Crippen molar-refractivity contribution >= 4 is 0 Å². The van der Waals surface area contributed by atoms with E-state index in [1.165, 1.54) is 161 Å². The van der Waals surface area contributed by atoms with Gasteiger partial charge in [-0.3, -0.25) is 0 Å². The highest BCUT2D eigenvalue weighted by Gasteiger charge is 2.16. The molecule has 1 heterocycles. The van der Waals surface area contributed by atoms with Crippen molar-refractivity contribution in [2.45, 2.75) is 182 Å². The molecule has 2 heteroatoms. The van der Waals surface area contributed by atoms with Crippen LogP contribution in [0.3, 0.4) is 0 Å². The van der Waals surface area contributed by atoms with Crippen molar-refractivity contribution in [1.29, 1.82) is 0 Å². The normalized spacial score (nSPS) is 11.5. The van der Waals surface area contributed by atoms with Gasteiger partial charge in [0.1, 0.15) is 12.4 Å². The van der Waals surface area contributed by atoms with Crippen LogP contribution in [0.15, 0.2) is 12.4 Å². The fourth-order valence-electron chi connectivity index (χ4n) is 5.09. The van der Waals surface area contributed by atoms with Crippen LogP contribution in [0, 0.1) is 0 Å². The third-order valence-corrected chi connectivity index (χ3v) is 7.35. The highest BCUT2D eigenvalue weighted by atomic mass is 15.1. The summed E-state index contributed by atoms with van der Waals surface area (Å²) in [6.07, 6.45) is 37.0. The van der Waals surface area contributed by atoms with E-state index in [2.05, 4.69) is 42.3 Å². The Kier molecular flexibility index (Phi) is 21.1. The molecule has 0 bridgehead atoms. The molecule has 0 spiro atoms. The van der Waals surface area contributed by atoms with Crippen molar-refractivity contribution in [1.82, 2.24) is 4.57 Å². The fraction of sp³-hybridized carbons (Fsp3) is 0.903. The number of imidazole rings is 1. The molecule has 1 rings (SSSR count). The van der Waals surface area contributed by atoms with Gasteiger partial charge in [-0.05, 0) is 32.1 Å². The zero-order valence-electron chi connectivity index (χ0n) is 23.2. The van der Waals surface area contributed by atoms with Gasteiger partial charge in [0.15, 0.2) is 0 Å². The first-order chi connectivity index (χ1) is 16.3. The van der Waals surface area contributed by atoms with Crippen molar-refractivity contribution in [3.63, 3.8) is 0 Å². The van der Waals surface area contributed by atoms with E-state index in [9.17, 15) is 0 Å². The third-order valence-electron chi connectivity index (χ3n) is 7.35. The molecular formula is C31H61N2+. The minimum Gasteiger partial charge on any atom is -0.234 e. The van der Waals surface area contributed by atoms with E-state index in [1.807, 2.05) is 0 Å². The van der Waals surface area contributed by atoms with Crippen LogP contribution in [-0.2, 0) is 19.5 Å². The molecule has 0 radical (unpaired) electrons. The molecule has 0 aliphatic heterocycles. The maximum absolute atomic E-state index is 2.60. The number of aromatic nitrogens is 2. The number of nitrogens with zero attached hydrogens (tertiary/aromatic N) is 2. The second-order valence-electron chi connectivity index (χ2n) is 10.6. The molecule has 0 amide bonds. The van der Waals surface area contributed by atoms with Crippen LogP contribution in [0.25, 0.3) is 0 Å². The second kappa shape index (κ2) is 23.0. The van der Waals surface area contributed by atoms with E-state index in [1.54, 1.807) is 5.82 Å². The minimum atomic E-state index is 1.23. The summed E-state index contributed by atoms with van der Waals surface area (Å²) in [6, 6.07) is 0. The van der Waals surface area contributed by atoms with Crippen LogP contribution in [0.1, 0.15) is 168 Å². The van der Waals surface area contributed by atoms with Gasteiger partial charge in [-0.25, -0.2) is 9.13 Å². The Morgan fingerprint density at radius 2 is 0.939 bits per heavy atom. The lowest BCUT2D eigenvalue weighted by molar-refractivity contribution is -0.704.